The number of amides is 2. The molecule has 1 aliphatic heterocycles. The van der Waals surface area contributed by atoms with Gasteiger partial charge in [0.15, 0.2) is 0 Å². The van der Waals surface area contributed by atoms with Gasteiger partial charge in [0.2, 0.25) is 5.13 Å². The number of aromatic nitrogens is 2. The first-order chi connectivity index (χ1) is 8.78. The van der Waals surface area contributed by atoms with Gasteiger partial charge in [-0.3, -0.25) is 5.32 Å². The molecular formula is C11H18N4O2S. The predicted molar refractivity (Wildman–Crippen MR) is 69.9 cm³/mol. The molecule has 1 fully saturated rings. The summed E-state index contributed by atoms with van der Waals surface area (Å²) in [6.07, 6.45) is 2.95. The molecule has 2 N–H and O–H groups in total. The van der Waals surface area contributed by atoms with Crippen LogP contribution in [0, 0.1) is 5.92 Å². The molecule has 0 bridgehead atoms. The van der Waals surface area contributed by atoms with Gasteiger partial charge in [-0.05, 0) is 12.8 Å². The van der Waals surface area contributed by atoms with Crippen LogP contribution in [0.4, 0.5) is 9.93 Å². The van der Waals surface area contributed by atoms with E-state index in [0.29, 0.717) is 17.6 Å². The fraction of sp³-hybridized carbons (Fsp3) is 0.727. The molecule has 2 rings (SSSR count). The third-order valence-electron chi connectivity index (χ3n) is 2.73. The molecule has 6 nitrogen and oxygen atoms in total. The van der Waals surface area contributed by atoms with Crippen LogP contribution < -0.4 is 10.6 Å². The maximum Gasteiger partial charge on any atom is 0.321 e. The molecule has 18 heavy (non-hydrogen) atoms. The molecule has 1 aromatic heterocycles. The Hall–Kier alpha value is -1.21. The van der Waals surface area contributed by atoms with Crippen LogP contribution in [0.3, 0.4) is 0 Å². The van der Waals surface area contributed by atoms with Crippen LogP contribution in [0.15, 0.2) is 0 Å². The second-order valence-corrected chi connectivity index (χ2v) is 5.38. The number of carbonyl (C=O) groups is 1. The van der Waals surface area contributed by atoms with Gasteiger partial charge in [-0.1, -0.05) is 18.3 Å². The second kappa shape index (κ2) is 6.65. The van der Waals surface area contributed by atoms with Gasteiger partial charge in [-0.25, -0.2) is 4.79 Å². The SMILES string of the molecule is CCCc1nnc(NC(=O)NC[C@@H]2CCOC2)s1. The van der Waals surface area contributed by atoms with Gasteiger partial charge in [0.05, 0.1) is 6.61 Å². The second-order valence-electron chi connectivity index (χ2n) is 4.32. The molecule has 1 aliphatic rings. The van der Waals surface area contributed by atoms with Crippen molar-refractivity contribution in [3.8, 4) is 0 Å². The highest BCUT2D eigenvalue weighted by Gasteiger charge is 2.16. The lowest BCUT2D eigenvalue weighted by molar-refractivity contribution is 0.185. The molecule has 100 valence electrons. The Morgan fingerprint density at radius 1 is 1.56 bits per heavy atom. The van der Waals surface area contributed by atoms with E-state index in [2.05, 4.69) is 27.8 Å². The van der Waals surface area contributed by atoms with Gasteiger partial charge in [-0.15, -0.1) is 10.2 Å². The van der Waals surface area contributed by atoms with Crippen molar-refractivity contribution in [3.05, 3.63) is 5.01 Å². The van der Waals surface area contributed by atoms with E-state index < -0.39 is 0 Å². The lowest BCUT2D eigenvalue weighted by atomic mass is 10.1. The van der Waals surface area contributed by atoms with E-state index in [0.717, 1.165) is 37.5 Å². The number of hydrogen-bond acceptors (Lipinski definition) is 5. The highest BCUT2D eigenvalue weighted by atomic mass is 32.1. The number of hydrogen-bond donors (Lipinski definition) is 2. The van der Waals surface area contributed by atoms with Gasteiger partial charge in [0.25, 0.3) is 0 Å². The molecule has 2 amide bonds. The number of anilines is 1. The van der Waals surface area contributed by atoms with Crippen LogP contribution in [0.25, 0.3) is 0 Å². The normalized spacial score (nSPS) is 18.8. The number of carbonyl (C=O) groups excluding carboxylic acids is 1. The zero-order valence-electron chi connectivity index (χ0n) is 10.4. The largest absolute Gasteiger partial charge is 0.381 e. The Labute approximate surface area is 110 Å². The highest BCUT2D eigenvalue weighted by Crippen LogP contribution is 2.16. The van der Waals surface area contributed by atoms with Crippen LogP contribution in [-0.4, -0.2) is 36.0 Å². The molecule has 0 unspecified atom stereocenters. The Morgan fingerprint density at radius 3 is 3.17 bits per heavy atom. The number of ether oxygens (including phenoxy) is 1. The van der Waals surface area contributed by atoms with Gasteiger partial charge >= 0.3 is 6.03 Å². The summed E-state index contributed by atoms with van der Waals surface area (Å²) in [5.74, 6) is 0.431. The summed E-state index contributed by atoms with van der Waals surface area (Å²) < 4.78 is 5.25. The number of nitrogens with zero attached hydrogens (tertiary/aromatic N) is 2. The van der Waals surface area contributed by atoms with Crippen molar-refractivity contribution in [3.63, 3.8) is 0 Å². The molecule has 0 aromatic carbocycles. The molecule has 7 heteroatoms. The lowest BCUT2D eigenvalue weighted by Crippen LogP contribution is -2.33. The average Bonchev–Trinajstić information content (AvgIpc) is 2.99. The van der Waals surface area contributed by atoms with Crippen molar-refractivity contribution in [1.29, 1.82) is 0 Å². The highest BCUT2D eigenvalue weighted by molar-refractivity contribution is 7.15. The van der Waals surface area contributed by atoms with Crippen molar-refractivity contribution in [1.82, 2.24) is 15.5 Å². The van der Waals surface area contributed by atoms with E-state index in [9.17, 15) is 4.79 Å². The van der Waals surface area contributed by atoms with E-state index in [4.69, 9.17) is 4.74 Å². The topological polar surface area (TPSA) is 76.1 Å². The van der Waals surface area contributed by atoms with Crippen molar-refractivity contribution >= 4 is 22.5 Å². The van der Waals surface area contributed by atoms with Crippen molar-refractivity contribution < 1.29 is 9.53 Å². The number of nitrogens with one attached hydrogen (secondary N) is 2. The van der Waals surface area contributed by atoms with Crippen molar-refractivity contribution in [2.75, 3.05) is 25.1 Å². The van der Waals surface area contributed by atoms with Crippen molar-refractivity contribution in [2.45, 2.75) is 26.2 Å². The van der Waals surface area contributed by atoms with Gasteiger partial charge in [-0.2, -0.15) is 0 Å². The molecule has 1 atom stereocenters. The molecule has 1 aromatic rings. The number of rotatable bonds is 5. The van der Waals surface area contributed by atoms with Crippen LogP contribution >= 0.6 is 11.3 Å². The first-order valence-corrected chi connectivity index (χ1v) is 7.04. The zero-order valence-corrected chi connectivity index (χ0v) is 11.3. The Kier molecular flexibility index (Phi) is 4.89. The summed E-state index contributed by atoms with van der Waals surface area (Å²) in [7, 11) is 0. The fourth-order valence-electron chi connectivity index (χ4n) is 1.74. The Bertz CT molecular complexity index is 390. The maximum atomic E-state index is 11.6. The van der Waals surface area contributed by atoms with Crippen LogP contribution in [0.1, 0.15) is 24.8 Å². The average molecular weight is 270 g/mol. The molecule has 0 aliphatic carbocycles. The summed E-state index contributed by atoms with van der Waals surface area (Å²) in [6.45, 7) is 4.27. The third kappa shape index (κ3) is 3.92. The molecule has 2 heterocycles. The first-order valence-electron chi connectivity index (χ1n) is 6.23. The van der Waals surface area contributed by atoms with E-state index in [1.54, 1.807) is 0 Å². The zero-order chi connectivity index (χ0) is 12.8. The maximum absolute atomic E-state index is 11.6. The van der Waals surface area contributed by atoms with Crippen LogP contribution in [0.5, 0.6) is 0 Å². The standard InChI is InChI=1S/C11H18N4O2S/c1-2-3-9-14-15-11(18-9)13-10(16)12-6-8-4-5-17-7-8/h8H,2-7H2,1H3,(H2,12,13,15,16)/t8-/m0/s1. The van der Waals surface area contributed by atoms with E-state index >= 15 is 0 Å². The monoisotopic (exact) mass is 270 g/mol. The van der Waals surface area contributed by atoms with E-state index in [1.165, 1.54) is 11.3 Å². The fourth-order valence-corrected chi connectivity index (χ4v) is 2.58. The van der Waals surface area contributed by atoms with Crippen LogP contribution in [0.2, 0.25) is 0 Å². The summed E-state index contributed by atoms with van der Waals surface area (Å²) in [4.78, 5) is 11.6. The summed E-state index contributed by atoms with van der Waals surface area (Å²) in [5.41, 5.74) is 0. The Balaban J connectivity index is 1.72. The first kappa shape index (κ1) is 13.2. The quantitative estimate of drug-likeness (QED) is 0.853. The molecule has 1 saturated heterocycles. The smallest absolute Gasteiger partial charge is 0.321 e. The predicted octanol–water partition coefficient (Wildman–Crippen LogP) is 1.65. The van der Waals surface area contributed by atoms with Gasteiger partial charge in [0.1, 0.15) is 5.01 Å². The Morgan fingerprint density at radius 2 is 2.44 bits per heavy atom. The molecule has 0 spiro atoms. The third-order valence-corrected chi connectivity index (χ3v) is 3.62. The lowest BCUT2D eigenvalue weighted by Gasteiger charge is -2.08. The van der Waals surface area contributed by atoms with Gasteiger partial charge in [0, 0.05) is 25.5 Å². The van der Waals surface area contributed by atoms with E-state index in [-0.39, 0.29) is 6.03 Å². The molecule has 0 saturated carbocycles. The molecular weight excluding hydrogens is 252 g/mol. The number of aryl methyl sites for hydroxylation is 1. The van der Waals surface area contributed by atoms with Gasteiger partial charge < -0.3 is 10.1 Å². The summed E-state index contributed by atoms with van der Waals surface area (Å²) in [6, 6.07) is -0.221. The summed E-state index contributed by atoms with van der Waals surface area (Å²) in [5, 5.41) is 15.0. The van der Waals surface area contributed by atoms with E-state index in [1.807, 2.05) is 0 Å². The molecule has 0 radical (unpaired) electrons. The van der Waals surface area contributed by atoms with Crippen LogP contribution in [-0.2, 0) is 11.2 Å². The van der Waals surface area contributed by atoms with Crippen molar-refractivity contribution in [2.24, 2.45) is 5.92 Å². The minimum Gasteiger partial charge on any atom is -0.381 e. The summed E-state index contributed by atoms with van der Waals surface area (Å²) >= 11 is 1.43. The minimum absolute atomic E-state index is 0.221. The number of urea groups is 1. The minimum atomic E-state index is -0.221.